The molecule has 94 valence electrons. The number of rotatable bonds is 3. The van der Waals surface area contributed by atoms with Crippen molar-refractivity contribution in [2.45, 2.75) is 53.0 Å². The second-order valence-electron chi connectivity index (χ2n) is 5.75. The molecule has 3 heteroatoms. The quantitative estimate of drug-likeness (QED) is 0.798. The van der Waals surface area contributed by atoms with Gasteiger partial charge < -0.3 is 10.2 Å². The lowest BCUT2D eigenvalue weighted by atomic mass is 9.92. The van der Waals surface area contributed by atoms with Crippen molar-refractivity contribution in [3.05, 3.63) is 0 Å². The van der Waals surface area contributed by atoms with Crippen LogP contribution >= 0.6 is 0 Å². The third-order valence-corrected chi connectivity index (χ3v) is 3.08. The zero-order valence-corrected chi connectivity index (χ0v) is 11.2. The molecule has 1 N–H and O–H groups in total. The van der Waals surface area contributed by atoms with Crippen molar-refractivity contribution in [3.63, 3.8) is 0 Å². The molecule has 3 nitrogen and oxygen atoms in total. The van der Waals surface area contributed by atoms with Crippen LogP contribution in [0.25, 0.3) is 0 Å². The molecule has 0 aromatic heterocycles. The molecule has 0 radical (unpaired) electrons. The first kappa shape index (κ1) is 13.5. The maximum atomic E-state index is 12.4. The molecule has 0 aromatic carbocycles. The van der Waals surface area contributed by atoms with Crippen LogP contribution in [0.3, 0.4) is 0 Å². The van der Waals surface area contributed by atoms with E-state index in [-0.39, 0.29) is 5.41 Å². The molecule has 1 heterocycles. The minimum absolute atomic E-state index is 0.257. The molecule has 1 rings (SSSR count). The first-order chi connectivity index (χ1) is 7.46. The van der Waals surface area contributed by atoms with Gasteiger partial charge in [-0.2, -0.15) is 0 Å². The number of hydrogen-bond donors (Lipinski definition) is 1. The Kier molecular flexibility index (Phi) is 4.78. The smallest absolute Gasteiger partial charge is 0.228 e. The summed E-state index contributed by atoms with van der Waals surface area (Å²) in [6.45, 7) is 11.1. The van der Waals surface area contributed by atoms with Crippen molar-refractivity contribution in [3.8, 4) is 0 Å². The summed E-state index contributed by atoms with van der Waals surface area (Å²) in [6.07, 6.45) is 3.37. The molecule has 1 unspecified atom stereocenters. The van der Waals surface area contributed by atoms with Crippen LogP contribution in [0.1, 0.15) is 47.0 Å². The van der Waals surface area contributed by atoms with Crippen molar-refractivity contribution < 1.29 is 4.79 Å². The van der Waals surface area contributed by atoms with Gasteiger partial charge in [0.2, 0.25) is 5.91 Å². The van der Waals surface area contributed by atoms with Gasteiger partial charge in [0.1, 0.15) is 0 Å². The fourth-order valence-corrected chi connectivity index (χ4v) is 2.22. The topological polar surface area (TPSA) is 32.3 Å². The number of hydrogen-bond acceptors (Lipinski definition) is 2. The van der Waals surface area contributed by atoms with E-state index in [4.69, 9.17) is 0 Å². The fourth-order valence-electron chi connectivity index (χ4n) is 2.22. The summed E-state index contributed by atoms with van der Waals surface area (Å²) in [4.78, 5) is 14.4. The molecule has 16 heavy (non-hydrogen) atoms. The molecule has 0 spiro atoms. The molecule has 1 fully saturated rings. The van der Waals surface area contributed by atoms with Gasteiger partial charge >= 0.3 is 0 Å². The summed E-state index contributed by atoms with van der Waals surface area (Å²) in [6, 6.07) is 0.403. The van der Waals surface area contributed by atoms with E-state index < -0.39 is 0 Å². The van der Waals surface area contributed by atoms with Crippen LogP contribution in [0, 0.1) is 5.41 Å². The second kappa shape index (κ2) is 5.67. The largest absolute Gasteiger partial charge is 0.338 e. The highest BCUT2D eigenvalue weighted by molar-refractivity contribution is 5.81. The van der Waals surface area contributed by atoms with Gasteiger partial charge in [0.05, 0.1) is 0 Å². The van der Waals surface area contributed by atoms with Crippen LogP contribution in [0.2, 0.25) is 0 Å². The fraction of sp³-hybridized carbons (Fsp3) is 0.923. The monoisotopic (exact) mass is 226 g/mol. The predicted octanol–water partition coefficient (Wildman–Crippen LogP) is 2.02. The molecule has 0 bridgehead atoms. The summed E-state index contributed by atoms with van der Waals surface area (Å²) in [5.41, 5.74) is -0.257. The Hall–Kier alpha value is -0.570. The molecular weight excluding hydrogens is 200 g/mol. The third-order valence-electron chi connectivity index (χ3n) is 3.08. The van der Waals surface area contributed by atoms with Crippen molar-refractivity contribution in [2.75, 3.05) is 19.6 Å². The Morgan fingerprint density at radius 2 is 2.12 bits per heavy atom. The van der Waals surface area contributed by atoms with Gasteiger partial charge in [-0.15, -0.1) is 0 Å². The lowest BCUT2D eigenvalue weighted by Gasteiger charge is -2.38. The number of amides is 1. The number of piperidine rings is 1. The highest BCUT2D eigenvalue weighted by Gasteiger charge is 2.31. The number of carbonyl (C=O) groups excluding carboxylic acids is 1. The van der Waals surface area contributed by atoms with Crippen LogP contribution in [0.5, 0.6) is 0 Å². The van der Waals surface area contributed by atoms with Crippen LogP contribution in [-0.2, 0) is 4.79 Å². The maximum absolute atomic E-state index is 12.4. The summed E-state index contributed by atoms with van der Waals surface area (Å²) >= 11 is 0. The van der Waals surface area contributed by atoms with Gasteiger partial charge in [0.15, 0.2) is 0 Å². The van der Waals surface area contributed by atoms with Gasteiger partial charge in [-0.05, 0) is 25.8 Å². The van der Waals surface area contributed by atoms with Gasteiger partial charge in [-0.3, -0.25) is 4.79 Å². The summed E-state index contributed by atoms with van der Waals surface area (Å²) in [5, 5.41) is 3.39. The van der Waals surface area contributed by atoms with E-state index in [1.165, 1.54) is 6.42 Å². The first-order valence-corrected chi connectivity index (χ1v) is 6.48. The van der Waals surface area contributed by atoms with Crippen molar-refractivity contribution in [1.29, 1.82) is 0 Å². The molecule has 1 aliphatic rings. The molecule has 0 aromatic rings. The van der Waals surface area contributed by atoms with Gasteiger partial charge in [0, 0.05) is 24.5 Å². The average Bonchev–Trinajstić information content (AvgIpc) is 2.25. The highest BCUT2D eigenvalue weighted by atomic mass is 16.2. The molecule has 1 amide bonds. The van der Waals surface area contributed by atoms with Crippen LogP contribution in [-0.4, -0.2) is 36.5 Å². The van der Waals surface area contributed by atoms with E-state index in [9.17, 15) is 4.79 Å². The normalized spacial score (nSPS) is 21.9. The molecular formula is C13H26N2O. The van der Waals surface area contributed by atoms with Crippen LogP contribution in [0.15, 0.2) is 0 Å². The standard InChI is InChI=1S/C13H26N2O/c1-5-9-15(12(16)13(2,3)4)11-7-6-8-14-10-11/h11,14H,5-10H2,1-4H3. The molecule has 1 atom stereocenters. The summed E-state index contributed by atoms with van der Waals surface area (Å²) in [5.74, 6) is 0.294. The van der Waals surface area contributed by atoms with E-state index >= 15 is 0 Å². The Morgan fingerprint density at radius 3 is 2.56 bits per heavy atom. The zero-order valence-electron chi connectivity index (χ0n) is 11.2. The Labute approximate surface area is 99.6 Å². The van der Waals surface area contributed by atoms with Crippen molar-refractivity contribution in [1.82, 2.24) is 10.2 Å². The van der Waals surface area contributed by atoms with E-state index in [1.807, 2.05) is 20.8 Å². The number of carbonyl (C=O) groups is 1. The van der Waals surface area contributed by atoms with Crippen LogP contribution < -0.4 is 5.32 Å². The first-order valence-electron chi connectivity index (χ1n) is 6.48. The van der Waals surface area contributed by atoms with Gasteiger partial charge in [-0.25, -0.2) is 0 Å². The van der Waals surface area contributed by atoms with Crippen molar-refractivity contribution >= 4 is 5.91 Å². The van der Waals surface area contributed by atoms with E-state index in [0.29, 0.717) is 11.9 Å². The number of nitrogens with zero attached hydrogens (tertiary/aromatic N) is 1. The van der Waals surface area contributed by atoms with Gasteiger partial charge in [-0.1, -0.05) is 27.7 Å². The minimum Gasteiger partial charge on any atom is -0.338 e. The molecule has 0 aliphatic carbocycles. The zero-order chi connectivity index (χ0) is 12.2. The van der Waals surface area contributed by atoms with Gasteiger partial charge in [0.25, 0.3) is 0 Å². The number of nitrogens with one attached hydrogen (secondary N) is 1. The Bertz CT molecular complexity index is 227. The lowest BCUT2D eigenvalue weighted by Crippen LogP contribution is -2.52. The Morgan fingerprint density at radius 1 is 1.44 bits per heavy atom. The summed E-state index contributed by atoms with van der Waals surface area (Å²) < 4.78 is 0. The van der Waals surface area contributed by atoms with Crippen LogP contribution in [0.4, 0.5) is 0 Å². The van der Waals surface area contributed by atoms with E-state index in [1.54, 1.807) is 0 Å². The predicted molar refractivity (Wildman–Crippen MR) is 67.4 cm³/mol. The highest BCUT2D eigenvalue weighted by Crippen LogP contribution is 2.21. The van der Waals surface area contributed by atoms with E-state index in [0.717, 1.165) is 32.5 Å². The molecule has 1 saturated heterocycles. The maximum Gasteiger partial charge on any atom is 0.228 e. The minimum atomic E-state index is -0.257. The second-order valence-corrected chi connectivity index (χ2v) is 5.75. The SMILES string of the molecule is CCCN(C(=O)C(C)(C)C)C1CCCNC1. The summed E-state index contributed by atoms with van der Waals surface area (Å²) in [7, 11) is 0. The third kappa shape index (κ3) is 3.48. The van der Waals surface area contributed by atoms with Crippen molar-refractivity contribution in [2.24, 2.45) is 5.41 Å². The molecule has 1 aliphatic heterocycles. The van der Waals surface area contributed by atoms with E-state index in [2.05, 4.69) is 17.1 Å². The Balaban J connectivity index is 2.69. The average molecular weight is 226 g/mol. The lowest BCUT2D eigenvalue weighted by molar-refractivity contribution is -0.142. The molecule has 0 saturated carbocycles.